The predicted molar refractivity (Wildman–Crippen MR) is 102 cm³/mol. The van der Waals surface area contributed by atoms with Crippen LogP contribution in [0, 0.1) is 5.92 Å². The van der Waals surface area contributed by atoms with E-state index in [4.69, 9.17) is 14.2 Å². The number of hydrogen-bond donors (Lipinski definition) is 1. The molecule has 1 aromatic rings. The Hall–Kier alpha value is -1.99. The first-order chi connectivity index (χ1) is 12.7. The number of fused-ring (bicyclic) bond motifs is 1. The first-order valence-electron chi connectivity index (χ1n) is 9.26. The molecule has 26 heavy (non-hydrogen) atoms. The molecule has 0 aromatic heterocycles. The number of aliphatic imine (C=N–C) groups is 1. The Morgan fingerprint density at radius 2 is 2.04 bits per heavy atom. The monoisotopic (exact) mass is 362 g/mol. The minimum Gasteiger partial charge on any atom is -0.454 e. The van der Waals surface area contributed by atoms with Crippen molar-refractivity contribution in [3.8, 4) is 11.5 Å². The molecule has 144 valence electrons. The zero-order valence-electron chi connectivity index (χ0n) is 16.0. The van der Waals surface area contributed by atoms with Gasteiger partial charge in [-0.3, -0.25) is 9.89 Å². The summed E-state index contributed by atoms with van der Waals surface area (Å²) in [5.74, 6) is 3.08. The van der Waals surface area contributed by atoms with Crippen molar-refractivity contribution in [2.75, 3.05) is 60.3 Å². The quantitative estimate of drug-likeness (QED) is 0.610. The highest BCUT2D eigenvalue weighted by Crippen LogP contribution is 2.32. The molecule has 7 nitrogen and oxygen atoms in total. The van der Waals surface area contributed by atoms with E-state index in [0.29, 0.717) is 12.7 Å². The molecule has 0 aliphatic carbocycles. The Labute approximate surface area is 155 Å². The van der Waals surface area contributed by atoms with E-state index in [9.17, 15) is 0 Å². The average molecular weight is 362 g/mol. The molecule has 0 radical (unpaired) electrons. The lowest BCUT2D eigenvalue weighted by Crippen LogP contribution is -2.44. The number of rotatable bonds is 6. The highest BCUT2D eigenvalue weighted by molar-refractivity contribution is 5.79. The van der Waals surface area contributed by atoms with E-state index in [1.54, 1.807) is 0 Å². The van der Waals surface area contributed by atoms with Crippen LogP contribution in [-0.2, 0) is 11.3 Å². The Kier molecular flexibility index (Phi) is 6.57. The lowest BCUT2D eigenvalue weighted by atomic mass is 10.1. The summed E-state index contributed by atoms with van der Waals surface area (Å²) in [4.78, 5) is 9.01. The van der Waals surface area contributed by atoms with Gasteiger partial charge in [0.15, 0.2) is 17.5 Å². The van der Waals surface area contributed by atoms with Crippen molar-refractivity contribution < 1.29 is 14.2 Å². The Morgan fingerprint density at radius 3 is 2.81 bits per heavy atom. The second-order valence-electron chi connectivity index (χ2n) is 6.99. The van der Waals surface area contributed by atoms with Gasteiger partial charge < -0.3 is 24.4 Å². The Balaban J connectivity index is 1.46. The molecule has 1 N–H and O–H groups in total. The number of hydrogen-bond acceptors (Lipinski definition) is 5. The summed E-state index contributed by atoms with van der Waals surface area (Å²) in [5, 5.41) is 3.49. The maximum Gasteiger partial charge on any atom is 0.231 e. The minimum atomic E-state index is 0.304. The van der Waals surface area contributed by atoms with Crippen LogP contribution in [-0.4, -0.2) is 76.0 Å². The van der Waals surface area contributed by atoms with E-state index in [1.807, 2.05) is 26.2 Å². The van der Waals surface area contributed by atoms with Gasteiger partial charge in [0.05, 0.1) is 13.2 Å². The molecule has 1 aromatic carbocycles. The summed E-state index contributed by atoms with van der Waals surface area (Å²) in [6.07, 6.45) is 0. The van der Waals surface area contributed by atoms with Crippen LogP contribution < -0.4 is 14.8 Å². The summed E-state index contributed by atoms with van der Waals surface area (Å²) >= 11 is 0. The largest absolute Gasteiger partial charge is 0.454 e. The SMILES string of the molecule is CN=C(NCC(C)CN1CCOCC1)N(C)Cc1ccc2c(c1)OCO2. The molecule has 0 bridgehead atoms. The molecule has 0 amide bonds. The van der Waals surface area contributed by atoms with E-state index in [2.05, 4.69) is 33.1 Å². The van der Waals surface area contributed by atoms with Gasteiger partial charge in [-0.2, -0.15) is 0 Å². The van der Waals surface area contributed by atoms with Crippen LogP contribution in [0.1, 0.15) is 12.5 Å². The second kappa shape index (κ2) is 9.09. The van der Waals surface area contributed by atoms with Crippen molar-refractivity contribution >= 4 is 5.96 Å². The van der Waals surface area contributed by atoms with Crippen LogP contribution in [0.4, 0.5) is 0 Å². The first kappa shape index (κ1) is 18.8. The fourth-order valence-electron chi connectivity index (χ4n) is 3.33. The Morgan fingerprint density at radius 1 is 1.27 bits per heavy atom. The van der Waals surface area contributed by atoms with E-state index in [1.165, 1.54) is 5.56 Å². The molecule has 2 aliphatic heterocycles. The van der Waals surface area contributed by atoms with E-state index in [0.717, 1.165) is 63.4 Å². The second-order valence-corrected chi connectivity index (χ2v) is 6.99. The maximum atomic E-state index is 5.46. The van der Waals surface area contributed by atoms with Gasteiger partial charge in [-0.05, 0) is 23.6 Å². The molecule has 0 spiro atoms. The fraction of sp³-hybridized carbons (Fsp3) is 0.632. The van der Waals surface area contributed by atoms with Crippen molar-refractivity contribution in [3.63, 3.8) is 0 Å². The minimum absolute atomic E-state index is 0.304. The van der Waals surface area contributed by atoms with E-state index >= 15 is 0 Å². The zero-order chi connectivity index (χ0) is 18.4. The lowest BCUT2D eigenvalue weighted by Gasteiger charge is -2.30. The highest BCUT2D eigenvalue weighted by Gasteiger charge is 2.16. The van der Waals surface area contributed by atoms with E-state index in [-0.39, 0.29) is 0 Å². The van der Waals surface area contributed by atoms with Gasteiger partial charge in [-0.15, -0.1) is 0 Å². The molecule has 1 saturated heterocycles. The average Bonchev–Trinajstić information content (AvgIpc) is 3.11. The third kappa shape index (κ3) is 5.02. The summed E-state index contributed by atoms with van der Waals surface area (Å²) in [7, 11) is 3.87. The van der Waals surface area contributed by atoms with Crippen LogP contribution in [0.3, 0.4) is 0 Å². The number of benzene rings is 1. The van der Waals surface area contributed by atoms with Gasteiger partial charge >= 0.3 is 0 Å². The van der Waals surface area contributed by atoms with Gasteiger partial charge in [-0.25, -0.2) is 0 Å². The van der Waals surface area contributed by atoms with Crippen molar-refractivity contribution in [2.24, 2.45) is 10.9 Å². The van der Waals surface area contributed by atoms with Gasteiger partial charge in [0, 0.05) is 46.8 Å². The van der Waals surface area contributed by atoms with Gasteiger partial charge in [-0.1, -0.05) is 13.0 Å². The third-order valence-electron chi connectivity index (χ3n) is 4.71. The molecule has 2 aliphatic rings. The standard InChI is InChI=1S/C19H30N4O3/c1-15(12-23-6-8-24-9-7-23)11-21-19(20-2)22(3)13-16-4-5-17-18(10-16)26-14-25-17/h4-5,10,15H,6-9,11-14H2,1-3H3,(H,20,21). The van der Waals surface area contributed by atoms with Crippen LogP contribution in [0.5, 0.6) is 11.5 Å². The maximum absolute atomic E-state index is 5.46. The smallest absolute Gasteiger partial charge is 0.231 e. The number of guanidine groups is 1. The number of morpholine rings is 1. The summed E-state index contributed by atoms with van der Waals surface area (Å²) in [6.45, 7) is 9.07. The van der Waals surface area contributed by atoms with Crippen molar-refractivity contribution in [2.45, 2.75) is 13.5 Å². The normalized spacial score (nSPS) is 18.7. The van der Waals surface area contributed by atoms with Crippen LogP contribution >= 0.6 is 0 Å². The summed E-state index contributed by atoms with van der Waals surface area (Å²) in [5.41, 5.74) is 1.17. The molecular weight excluding hydrogens is 332 g/mol. The van der Waals surface area contributed by atoms with Crippen molar-refractivity contribution in [1.29, 1.82) is 0 Å². The molecule has 7 heteroatoms. The number of ether oxygens (including phenoxy) is 3. The van der Waals surface area contributed by atoms with Crippen molar-refractivity contribution in [1.82, 2.24) is 15.1 Å². The molecule has 1 fully saturated rings. The molecule has 3 rings (SSSR count). The van der Waals surface area contributed by atoms with Crippen LogP contribution in [0.15, 0.2) is 23.2 Å². The molecule has 0 saturated carbocycles. The first-order valence-corrected chi connectivity index (χ1v) is 9.26. The Bertz CT molecular complexity index is 617. The fourth-order valence-corrected chi connectivity index (χ4v) is 3.33. The highest BCUT2D eigenvalue weighted by atomic mass is 16.7. The third-order valence-corrected chi connectivity index (χ3v) is 4.71. The topological polar surface area (TPSA) is 58.6 Å². The van der Waals surface area contributed by atoms with Gasteiger partial charge in [0.1, 0.15) is 0 Å². The number of nitrogens with one attached hydrogen (secondary N) is 1. The predicted octanol–water partition coefficient (Wildman–Crippen LogP) is 1.39. The lowest BCUT2D eigenvalue weighted by molar-refractivity contribution is 0.0320. The number of nitrogens with zero attached hydrogens (tertiary/aromatic N) is 3. The van der Waals surface area contributed by atoms with Crippen molar-refractivity contribution in [3.05, 3.63) is 23.8 Å². The molecule has 2 heterocycles. The van der Waals surface area contributed by atoms with E-state index < -0.39 is 0 Å². The molecular formula is C19H30N4O3. The summed E-state index contributed by atoms with van der Waals surface area (Å²) < 4.78 is 16.2. The van der Waals surface area contributed by atoms with Gasteiger partial charge in [0.2, 0.25) is 6.79 Å². The zero-order valence-corrected chi connectivity index (χ0v) is 16.0. The summed E-state index contributed by atoms with van der Waals surface area (Å²) in [6, 6.07) is 6.07. The molecule has 1 atom stereocenters. The van der Waals surface area contributed by atoms with Crippen LogP contribution in [0.2, 0.25) is 0 Å². The van der Waals surface area contributed by atoms with Crippen LogP contribution in [0.25, 0.3) is 0 Å². The van der Waals surface area contributed by atoms with Gasteiger partial charge in [0.25, 0.3) is 0 Å². The molecule has 1 unspecified atom stereocenters.